The van der Waals surface area contributed by atoms with E-state index in [4.69, 9.17) is 4.98 Å². The number of anilines is 3. The third-order valence-electron chi connectivity index (χ3n) is 4.18. The minimum atomic E-state index is -0.145. The third-order valence-corrected chi connectivity index (χ3v) is 4.18. The Bertz CT molecular complexity index is 1100. The van der Waals surface area contributed by atoms with Crippen LogP contribution in [0.3, 0.4) is 0 Å². The first kappa shape index (κ1) is 17.9. The molecule has 2 N–H and O–H groups in total. The summed E-state index contributed by atoms with van der Waals surface area (Å²) in [5.74, 6) is 1.31. The zero-order valence-electron chi connectivity index (χ0n) is 16.3. The minimum absolute atomic E-state index is 0.145. The van der Waals surface area contributed by atoms with Gasteiger partial charge < -0.3 is 10.6 Å². The fourth-order valence-electron chi connectivity index (χ4n) is 3.00. The molecule has 4 aromatic rings. The number of fused-ring (bicyclic) bond motifs is 1. The Morgan fingerprint density at radius 2 is 1.61 bits per heavy atom. The van der Waals surface area contributed by atoms with Gasteiger partial charge in [0.05, 0.1) is 16.9 Å². The van der Waals surface area contributed by atoms with E-state index >= 15 is 0 Å². The molecule has 140 valence electrons. The highest BCUT2D eigenvalue weighted by atomic mass is 15.2. The van der Waals surface area contributed by atoms with Crippen molar-refractivity contribution in [1.82, 2.24) is 15.0 Å². The van der Waals surface area contributed by atoms with E-state index in [0.29, 0.717) is 5.95 Å². The molecule has 0 spiro atoms. The molecule has 0 amide bonds. The summed E-state index contributed by atoms with van der Waals surface area (Å²) in [5.41, 5.74) is 3.58. The largest absolute Gasteiger partial charge is 0.350 e. The maximum absolute atomic E-state index is 4.72. The van der Waals surface area contributed by atoms with Gasteiger partial charge in [0.15, 0.2) is 0 Å². The topological polar surface area (TPSA) is 62.7 Å². The van der Waals surface area contributed by atoms with Gasteiger partial charge in [0, 0.05) is 28.8 Å². The Kier molecular flexibility index (Phi) is 4.65. The standard InChI is InChI=1S/C23H23N5/c1-23(2,3)28-22-26-19(16-9-5-4-6-10-16)15-20(27-22)25-18-13-7-11-17-12-8-14-24-21(17)18/h4-15H,1-3H3,(H2,25,26,27,28). The van der Waals surface area contributed by atoms with Crippen molar-refractivity contribution in [3.63, 3.8) is 0 Å². The monoisotopic (exact) mass is 369 g/mol. The van der Waals surface area contributed by atoms with Crippen molar-refractivity contribution < 1.29 is 0 Å². The third kappa shape index (κ3) is 4.09. The number of nitrogens with one attached hydrogen (secondary N) is 2. The summed E-state index contributed by atoms with van der Waals surface area (Å²) < 4.78 is 0. The van der Waals surface area contributed by atoms with Crippen LogP contribution >= 0.6 is 0 Å². The molecule has 0 saturated heterocycles. The maximum atomic E-state index is 4.72. The number of benzene rings is 2. The first-order valence-corrected chi connectivity index (χ1v) is 9.31. The van der Waals surface area contributed by atoms with Crippen molar-refractivity contribution in [1.29, 1.82) is 0 Å². The van der Waals surface area contributed by atoms with E-state index in [-0.39, 0.29) is 5.54 Å². The van der Waals surface area contributed by atoms with Gasteiger partial charge in [0.1, 0.15) is 5.82 Å². The Hall–Kier alpha value is -3.47. The smallest absolute Gasteiger partial charge is 0.225 e. The fourth-order valence-corrected chi connectivity index (χ4v) is 3.00. The molecule has 4 rings (SSSR count). The molecule has 0 unspecified atom stereocenters. The number of rotatable bonds is 4. The van der Waals surface area contributed by atoms with Gasteiger partial charge in [-0.15, -0.1) is 0 Å². The Balaban J connectivity index is 1.78. The molecular weight excluding hydrogens is 346 g/mol. The van der Waals surface area contributed by atoms with Crippen LogP contribution in [-0.4, -0.2) is 20.5 Å². The summed E-state index contributed by atoms with van der Waals surface area (Å²) >= 11 is 0. The predicted molar refractivity (Wildman–Crippen MR) is 116 cm³/mol. The van der Waals surface area contributed by atoms with Crippen LogP contribution in [-0.2, 0) is 0 Å². The van der Waals surface area contributed by atoms with E-state index in [1.807, 2.05) is 54.6 Å². The van der Waals surface area contributed by atoms with Crippen molar-refractivity contribution >= 4 is 28.4 Å². The zero-order valence-corrected chi connectivity index (χ0v) is 16.3. The second-order valence-corrected chi connectivity index (χ2v) is 7.71. The first-order chi connectivity index (χ1) is 13.5. The highest BCUT2D eigenvalue weighted by Crippen LogP contribution is 2.27. The van der Waals surface area contributed by atoms with E-state index in [2.05, 4.69) is 53.5 Å². The summed E-state index contributed by atoms with van der Waals surface area (Å²) in [6.45, 7) is 6.27. The average Bonchev–Trinajstić information content (AvgIpc) is 2.67. The predicted octanol–water partition coefficient (Wildman–Crippen LogP) is 5.65. The summed E-state index contributed by atoms with van der Waals surface area (Å²) in [4.78, 5) is 13.9. The first-order valence-electron chi connectivity index (χ1n) is 9.31. The van der Waals surface area contributed by atoms with Gasteiger partial charge in [0.2, 0.25) is 5.95 Å². The van der Waals surface area contributed by atoms with Gasteiger partial charge in [-0.3, -0.25) is 4.98 Å². The highest BCUT2D eigenvalue weighted by molar-refractivity contribution is 5.91. The van der Waals surface area contributed by atoms with E-state index in [9.17, 15) is 0 Å². The molecule has 0 saturated carbocycles. The molecular formula is C23H23N5. The molecule has 28 heavy (non-hydrogen) atoms. The molecule has 0 aliphatic heterocycles. The Labute approximate surface area is 164 Å². The number of aromatic nitrogens is 3. The van der Waals surface area contributed by atoms with Gasteiger partial charge in [-0.05, 0) is 32.9 Å². The van der Waals surface area contributed by atoms with Gasteiger partial charge >= 0.3 is 0 Å². The van der Waals surface area contributed by atoms with Crippen LogP contribution in [0.15, 0.2) is 72.9 Å². The normalized spacial score (nSPS) is 11.4. The highest BCUT2D eigenvalue weighted by Gasteiger charge is 2.14. The summed E-state index contributed by atoms with van der Waals surface area (Å²) in [7, 11) is 0. The molecule has 0 aliphatic rings. The molecule has 5 nitrogen and oxygen atoms in total. The second kappa shape index (κ2) is 7.27. The van der Waals surface area contributed by atoms with Crippen LogP contribution in [0.4, 0.5) is 17.5 Å². The van der Waals surface area contributed by atoms with E-state index < -0.39 is 0 Å². The van der Waals surface area contributed by atoms with Gasteiger partial charge in [-0.2, -0.15) is 4.98 Å². The maximum Gasteiger partial charge on any atom is 0.225 e. The lowest BCUT2D eigenvalue weighted by atomic mass is 10.1. The van der Waals surface area contributed by atoms with Crippen molar-refractivity contribution in [3.05, 3.63) is 72.9 Å². The molecule has 0 fully saturated rings. The van der Waals surface area contributed by atoms with Crippen molar-refractivity contribution in [3.8, 4) is 11.3 Å². The molecule has 0 atom stereocenters. The number of hydrogen-bond donors (Lipinski definition) is 2. The van der Waals surface area contributed by atoms with Crippen LogP contribution in [0.1, 0.15) is 20.8 Å². The van der Waals surface area contributed by atoms with Gasteiger partial charge in [-0.1, -0.05) is 48.5 Å². The van der Waals surface area contributed by atoms with Crippen molar-refractivity contribution in [2.24, 2.45) is 0 Å². The molecule has 2 aromatic heterocycles. The Morgan fingerprint density at radius 1 is 0.821 bits per heavy atom. The van der Waals surface area contributed by atoms with Crippen LogP contribution in [0.2, 0.25) is 0 Å². The van der Waals surface area contributed by atoms with Crippen LogP contribution in [0.25, 0.3) is 22.2 Å². The number of nitrogens with zero attached hydrogens (tertiary/aromatic N) is 3. The van der Waals surface area contributed by atoms with Crippen molar-refractivity contribution in [2.45, 2.75) is 26.3 Å². The van der Waals surface area contributed by atoms with Crippen molar-refractivity contribution in [2.75, 3.05) is 10.6 Å². The molecule has 5 heteroatoms. The van der Waals surface area contributed by atoms with E-state index in [0.717, 1.165) is 33.7 Å². The number of para-hydroxylation sites is 1. The van der Waals surface area contributed by atoms with Crippen LogP contribution < -0.4 is 10.6 Å². The summed E-state index contributed by atoms with van der Waals surface area (Å²) in [6.07, 6.45) is 1.80. The number of pyridine rings is 1. The minimum Gasteiger partial charge on any atom is -0.350 e. The molecule has 0 radical (unpaired) electrons. The zero-order chi connectivity index (χ0) is 19.6. The Morgan fingerprint density at radius 3 is 2.39 bits per heavy atom. The summed E-state index contributed by atoms with van der Waals surface area (Å²) in [6, 6.07) is 22.1. The average molecular weight is 369 g/mol. The van der Waals surface area contributed by atoms with Gasteiger partial charge in [-0.25, -0.2) is 4.98 Å². The fraction of sp³-hybridized carbons (Fsp3) is 0.174. The quantitative estimate of drug-likeness (QED) is 0.487. The molecule has 2 aromatic carbocycles. The molecule has 2 heterocycles. The van der Waals surface area contributed by atoms with Gasteiger partial charge in [0.25, 0.3) is 0 Å². The van der Waals surface area contributed by atoms with E-state index in [1.165, 1.54) is 0 Å². The van der Waals surface area contributed by atoms with Crippen LogP contribution in [0, 0.1) is 0 Å². The second-order valence-electron chi connectivity index (χ2n) is 7.71. The number of hydrogen-bond acceptors (Lipinski definition) is 5. The lowest BCUT2D eigenvalue weighted by Gasteiger charge is -2.21. The summed E-state index contributed by atoms with van der Waals surface area (Å²) in [5, 5.41) is 7.89. The lowest BCUT2D eigenvalue weighted by molar-refractivity contribution is 0.626. The molecule has 0 aliphatic carbocycles. The SMILES string of the molecule is CC(C)(C)Nc1nc(Nc2cccc3cccnc23)cc(-c2ccccc2)n1. The van der Waals surface area contributed by atoms with E-state index in [1.54, 1.807) is 6.20 Å². The lowest BCUT2D eigenvalue weighted by Crippen LogP contribution is -2.27. The van der Waals surface area contributed by atoms with Crippen LogP contribution in [0.5, 0.6) is 0 Å². The molecule has 0 bridgehead atoms.